The van der Waals surface area contributed by atoms with Gasteiger partial charge in [0.25, 0.3) is 0 Å². The third-order valence-corrected chi connectivity index (χ3v) is 4.93. The lowest BCUT2D eigenvalue weighted by Gasteiger charge is -2.21. The Morgan fingerprint density at radius 2 is 1.96 bits per heavy atom. The molecule has 0 aliphatic rings. The van der Waals surface area contributed by atoms with Crippen molar-refractivity contribution in [2.75, 3.05) is 27.2 Å². The van der Waals surface area contributed by atoms with Crippen LogP contribution in [0.2, 0.25) is 0 Å². The molecule has 124 valence electrons. The van der Waals surface area contributed by atoms with Gasteiger partial charge in [0, 0.05) is 4.88 Å². The van der Waals surface area contributed by atoms with Gasteiger partial charge in [0.15, 0.2) is 5.11 Å². The molecular formula is C18H26N3S2+. The molecule has 3 nitrogen and oxygen atoms in total. The molecule has 1 heterocycles. The minimum absolute atomic E-state index is 0.104. The van der Waals surface area contributed by atoms with Crippen LogP contribution in [0.5, 0.6) is 0 Å². The van der Waals surface area contributed by atoms with Crippen molar-refractivity contribution >= 4 is 28.7 Å². The van der Waals surface area contributed by atoms with Gasteiger partial charge in [-0.05, 0) is 41.2 Å². The van der Waals surface area contributed by atoms with Gasteiger partial charge in [-0.1, -0.05) is 37.3 Å². The van der Waals surface area contributed by atoms with Crippen LogP contribution in [0.25, 0.3) is 0 Å². The second kappa shape index (κ2) is 9.01. The van der Waals surface area contributed by atoms with Crippen LogP contribution < -0.4 is 15.5 Å². The number of nitrogens with one attached hydrogen (secondary N) is 3. The number of thiophene rings is 1. The number of quaternary nitrogens is 1. The van der Waals surface area contributed by atoms with Crippen LogP contribution in [-0.4, -0.2) is 32.3 Å². The van der Waals surface area contributed by atoms with Gasteiger partial charge in [0.05, 0.1) is 33.2 Å². The van der Waals surface area contributed by atoms with Crippen molar-refractivity contribution in [2.24, 2.45) is 0 Å². The van der Waals surface area contributed by atoms with E-state index in [0.29, 0.717) is 5.11 Å². The Bertz CT molecular complexity index is 591. The van der Waals surface area contributed by atoms with Crippen molar-refractivity contribution in [3.63, 3.8) is 0 Å². The first-order chi connectivity index (χ1) is 11.1. The highest BCUT2D eigenvalue weighted by molar-refractivity contribution is 7.80. The zero-order valence-corrected chi connectivity index (χ0v) is 15.7. The van der Waals surface area contributed by atoms with E-state index in [4.69, 9.17) is 12.2 Å². The Kier molecular flexibility index (Phi) is 7.02. The smallest absolute Gasteiger partial charge is 0.167 e. The number of hydrogen-bond donors (Lipinski definition) is 3. The molecule has 0 radical (unpaired) electrons. The van der Waals surface area contributed by atoms with Crippen LogP contribution in [0.1, 0.15) is 29.0 Å². The molecule has 2 rings (SSSR count). The van der Waals surface area contributed by atoms with Crippen molar-refractivity contribution < 1.29 is 4.90 Å². The molecule has 0 spiro atoms. The number of aryl methyl sites for hydroxylation is 1. The van der Waals surface area contributed by atoms with E-state index in [9.17, 15) is 0 Å². The fourth-order valence-electron chi connectivity index (χ4n) is 2.33. The Morgan fingerprint density at radius 3 is 2.52 bits per heavy atom. The first-order valence-electron chi connectivity index (χ1n) is 8.05. The molecule has 2 aromatic rings. The molecule has 0 fully saturated rings. The maximum absolute atomic E-state index is 5.48. The van der Waals surface area contributed by atoms with Crippen molar-refractivity contribution in [3.05, 3.63) is 57.8 Å². The van der Waals surface area contributed by atoms with Gasteiger partial charge in [-0.2, -0.15) is 0 Å². The molecule has 1 aromatic carbocycles. The Balaban J connectivity index is 2.07. The first-order valence-corrected chi connectivity index (χ1v) is 9.34. The monoisotopic (exact) mass is 348 g/mol. The molecule has 1 aromatic heterocycles. The molecule has 0 saturated carbocycles. The molecule has 0 aliphatic carbocycles. The maximum atomic E-state index is 5.48. The summed E-state index contributed by atoms with van der Waals surface area (Å²) in [6, 6.07) is 13.1. The van der Waals surface area contributed by atoms with Gasteiger partial charge in [0.2, 0.25) is 0 Å². The van der Waals surface area contributed by atoms with Crippen molar-refractivity contribution in [3.8, 4) is 0 Å². The number of hydrogen-bond acceptors (Lipinski definition) is 2. The molecule has 0 amide bonds. The van der Waals surface area contributed by atoms with E-state index >= 15 is 0 Å². The van der Waals surface area contributed by atoms with Gasteiger partial charge in [-0.15, -0.1) is 11.3 Å². The first kappa shape index (κ1) is 17.9. The van der Waals surface area contributed by atoms with E-state index in [-0.39, 0.29) is 6.04 Å². The summed E-state index contributed by atoms with van der Waals surface area (Å²) in [5.41, 5.74) is 2.60. The quantitative estimate of drug-likeness (QED) is 0.669. The molecule has 0 bridgehead atoms. The summed E-state index contributed by atoms with van der Waals surface area (Å²) in [5, 5.41) is 9.59. The van der Waals surface area contributed by atoms with Crippen molar-refractivity contribution in [1.82, 2.24) is 10.6 Å². The summed E-state index contributed by atoms with van der Waals surface area (Å²) in [6.45, 7) is 4.09. The molecule has 23 heavy (non-hydrogen) atoms. The molecule has 0 unspecified atom stereocenters. The molecule has 5 heteroatoms. The SMILES string of the molecule is CCc1ccc([C@@H](NC(=S)NCC[NH+](C)C)c2cccs2)cc1. The van der Waals surface area contributed by atoms with E-state index in [1.54, 1.807) is 11.3 Å². The molecule has 0 saturated heterocycles. The largest absolute Gasteiger partial charge is 0.357 e. The minimum atomic E-state index is 0.104. The van der Waals surface area contributed by atoms with Crippen LogP contribution in [-0.2, 0) is 6.42 Å². The zero-order chi connectivity index (χ0) is 16.7. The second-order valence-electron chi connectivity index (χ2n) is 5.90. The summed E-state index contributed by atoms with van der Waals surface area (Å²) in [6.07, 6.45) is 1.06. The highest BCUT2D eigenvalue weighted by Crippen LogP contribution is 2.26. The number of thiocarbonyl (C=S) groups is 1. The lowest BCUT2D eigenvalue weighted by molar-refractivity contribution is -0.856. The normalized spacial score (nSPS) is 12.2. The maximum Gasteiger partial charge on any atom is 0.167 e. The highest BCUT2D eigenvalue weighted by Gasteiger charge is 2.16. The molecule has 0 aliphatic heterocycles. The zero-order valence-electron chi connectivity index (χ0n) is 14.1. The lowest BCUT2D eigenvalue weighted by atomic mass is 10.0. The number of benzene rings is 1. The highest BCUT2D eigenvalue weighted by atomic mass is 32.1. The van der Waals surface area contributed by atoms with Crippen molar-refractivity contribution in [1.29, 1.82) is 0 Å². The summed E-state index contributed by atoms with van der Waals surface area (Å²) in [5.74, 6) is 0. The van der Waals surface area contributed by atoms with E-state index in [2.05, 4.69) is 73.4 Å². The van der Waals surface area contributed by atoms with E-state index < -0.39 is 0 Å². The van der Waals surface area contributed by atoms with Crippen LogP contribution >= 0.6 is 23.6 Å². The third-order valence-electron chi connectivity index (χ3n) is 3.73. The van der Waals surface area contributed by atoms with Gasteiger partial charge >= 0.3 is 0 Å². The van der Waals surface area contributed by atoms with E-state index in [0.717, 1.165) is 19.5 Å². The molecular weight excluding hydrogens is 322 g/mol. The Hall–Kier alpha value is -1.43. The predicted molar refractivity (Wildman–Crippen MR) is 103 cm³/mol. The van der Waals surface area contributed by atoms with Crippen molar-refractivity contribution in [2.45, 2.75) is 19.4 Å². The Morgan fingerprint density at radius 1 is 1.22 bits per heavy atom. The average Bonchev–Trinajstić information content (AvgIpc) is 3.06. The van der Waals surface area contributed by atoms with Crippen LogP contribution in [0.3, 0.4) is 0 Å². The summed E-state index contributed by atoms with van der Waals surface area (Å²) in [4.78, 5) is 2.68. The topological polar surface area (TPSA) is 28.5 Å². The fourth-order valence-corrected chi connectivity index (χ4v) is 3.35. The molecule has 3 N–H and O–H groups in total. The third kappa shape index (κ3) is 5.61. The van der Waals surface area contributed by atoms with E-state index in [1.165, 1.54) is 20.9 Å². The Labute approximate surface area is 148 Å². The summed E-state index contributed by atoms with van der Waals surface area (Å²) in [7, 11) is 4.28. The van der Waals surface area contributed by atoms with Gasteiger partial charge in [-0.25, -0.2) is 0 Å². The standard InChI is InChI=1S/C18H25N3S2/c1-4-14-7-9-15(10-8-14)17(16-6-5-13-23-16)20-18(22)19-11-12-21(2)3/h5-10,13,17H,4,11-12H2,1-3H3,(H2,19,20,22)/p+1/t17-/m1/s1. The van der Waals surface area contributed by atoms with Gasteiger partial charge in [0.1, 0.15) is 0 Å². The van der Waals surface area contributed by atoms with Crippen LogP contribution in [0.15, 0.2) is 41.8 Å². The minimum Gasteiger partial charge on any atom is -0.357 e. The lowest BCUT2D eigenvalue weighted by Crippen LogP contribution is -3.06. The molecule has 1 atom stereocenters. The number of rotatable bonds is 7. The van der Waals surface area contributed by atoms with Gasteiger partial charge in [-0.3, -0.25) is 0 Å². The van der Waals surface area contributed by atoms with E-state index in [1.807, 2.05) is 0 Å². The number of likely N-dealkylation sites (N-methyl/N-ethyl adjacent to an activating group) is 1. The second-order valence-corrected chi connectivity index (χ2v) is 7.29. The predicted octanol–water partition coefficient (Wildman–Crippen LogP) is 2.01. The summed E-state index contributed by atoms with van der Waals surface area (Å²) >= 11 is 7.23. The van der Waals surface area contributed by atoms with Crippen LogP contribution in [0.4, 0.5) is 0 Å². The van der Waals surface area contributed by atoms with Gasteiger partial charge < -0.3 is 15.5 Å². The van der Waals surface area contributed by atoms with Crippen LogP contribution in [0, 0.1) is 0 Å². The average molecular weight is 349 g/mol. The fraction of sp³-hybridized carbons (Fsp3) is 0.389. The summed E-state index contributed by atoms with van der Waals surface area (Å²) < 4.78 is 0.